The highest BCUT2D eigenvalue weighted by Crippen LogP contribution is 2.30. The molecular formula is C27H32F3N7O3. The van der Waals surface area contributed by atoms with E-state index < -0.39 is 47.5 Å². The molecule has 1 aromatic heterocycles. The highest BCUT2D eigenvalue weighted by Gasteiger charge is 2.41. The minimum atomic E-state index is -4.53. The molecule has 3 rings (SSSR count). The molecule has 3 aromatic rings. The largest absolute Gasteiger partial charge is 0.416 e. The van der Waals surface area contributed by atoms with E-state index in [4.69, 9.17) is 22.9 Å². The van der Waals surface area contributed by atoms with Crippen LogP contribution in [0, 0.1) is 0 Å². The van der Waals surface area contributed by atoms with E-state index in [2.05, 4.69) is 10.3 Å². The van der Waals surface area contributed by atoms with Crippen LogP contribution in [0.4, 0.5) is 13.2 Å². The van der Waals surface area contributed by atoms with Crippen molar-refractivity contribution in [3.05, 3.63) is 77.5 Å². The molecule has 40 heavy (non-hydrogen) atoms. The zero-order chi connectivity index (χ0) is 29.5. The minimum Gasteiger partial charge on any atom is -0.368 e. The molecule has 0 radical (unpaired) electrons. The maximum absolute atomic E-state index is 13.7. The number of nitrogens with two attached hydrogens (primary N) is 4. The number of halogens is 3. The Morgan fingerprint density at radius 3 is 2.15 bits per heavy atom. The van der Waals surface area contributed by atoms with E-state index in [1.54, 1.807) is 30.3 Å². The molecule has 2 aromatic carbocycles. The summed E-state index contributed by atoms with van der Waals surface area (Å²) >= 11 is 0. The standard InChI is InChI=1S/C27H32F3N7O3/c28-27(29,30)19-7-5-17(6-8-19)13-22(24(33)39)36-25(40)26(34,15-23(38)37(11-9-31)12-10-32)20-14-18-3-1-2-4-21(18)35-16-20/h1-8,14,16,22H,9-13,15,31-32,34H2,(H2,33,39)(H,36,40)/t22-,26-/m0/s1. The van der Waals surface area contributed by atoms with Crippen molar-refractivity contribution in [2.24, 2.45) is 22.9 Å². The first-order valence-corrected chi connectivity index (χ1v) is 12.5. The molecule has 0 bridgehead atoms. The third-order valence-corrected chi connectivity index (χ3v) is 6.46. The van der Waals surface area contributed by atoms with Gasteiger partial charge in [-0.05, 0) is 29.8 Å². The van der Waals surface area contributed by atoms with Crippen LogP contribution in [-0.2, 0) is 32.5 Å². The zero-order valence-electron chi connectivity index (χ0n) is 21.7. The number of alkyl halides is 3. The van der Waals surface area contributed by atoms with Gasteiger partial charge in [-0.15, -0.1) is 0 Å². The molecule has 0 aliphatic carbocycles. The van der Waals surface area contributed by atoms with E-state index in [0.717, 1.165) is 12.1 Å². The first-order valence-electron chi connectivity index (χ1n) is 12.5. The van der Waals surface area contributed by atoms with Crippen LogP contribution in [0.15, 0.2) is 60.8 Å². The number of nitrogens with zero attached hydrogens (tertiary/aromatic N) is 2. The van der Waals surface area contributed by atoms with Gasteiger partial charge in [-0.25, -0.2) is 0 Å². The number of hydrogen-bond donors (Lipinski definition) is 5. The Bertz CT molecular complexity index is 1350. The predicted octanol–water partition coefficient (Wildman–Crippen LogP) is 0.757. The summed E-state index contributed by atoms with van der Waals surface area (Å²) in [6.45, 7) is 0.677. The molecule has 0 aliphatic rings. The Balaban J connectivity index is 1.95. The van der Waals surface area contributed by atoms with Gasteiger partial charge in [0.2, 0.25) is 17.7 Å². The van der Waals surface area contributed by atoms with Crippen molar-refractivity contribution < 1.29 is 27.6 Å². The summed E-state index contributed by atoms with van der Waals surface area (Å²) in [7, 11) is 0. The monoisotopic (exact) mass is 559 g/mol. The lowest BCUT2D eigenvalue weighted by molar-refractivity contribution is -0.138. The molecule has 0 aliphatic heterocycles. The molecule has 0 fully saturated rings. The summed E-state index contributed by atoms with van der Waals surface area (Å²) in [6.07, 6.45) is -3.87. The van der Waals surface area contributed by atoms with E-state index in [9.17, 15) is 27.6 Å². The van der Waals surface area contributed by atoms with Gasteiger partial charge < -0.3 is 33.2 Å². The Hall–Kier alpha value is -4.07. The summed E-state index contributed by atoms with van der Waals surface area (Å²) in [5, 5.41) is 3.16. The summed E-state index contributed by atoms with van der Waals surface area (Å²) < 4.78 is 38.8. The lowest BCUT2D eigenvalue weighted by atomic mass is 9.85. The third kappa shape index (κ3) is 7.31. The summed E-state index contributed by atoms with van der Waals surface area (Å²) in [5.74, 6) is -2.33. The Labute approximate surface area is 228 Å². The number of para-hydroxylation sites is 1. The van der Waals surface area contributed by atoms with Crippen molar-refractivity contribution in [3.63, 3.8) is 0 Å². The van der Waals surface area contributed by atoms with E-state index in [-0.39, 0.29) is 38.2 Å². The van der Waals surface area contributed by atoms with Gasteiger partial charge in [0.05, 0.1) is 17.5 Å². The van der Waals surface area contributed by atoms with Crippen molar-refractivity contribution in [2.45, 2.75) is 30.6 Å². The normalized spacial score (nSPS) is 13.8. The predicted molar refractivity (Wildman–Crippen MR) is 143 cm³/mol. The molecule has 3 amide bonds. The number of hydrogen-bond acceptors (Lipinski definition) is 7. The highest BCUT2D eigenvalue weighted by atomic mass is 19.4. The van der Waals surface area contributed by atoms with Crippen LogP contribution in [0.1, 0.15) is 23.1 Å². The third-order valence-electron chi connectivity index (χ3n) is 6.46. The summed E-state index contributed by atoms with van der Waals surface area (Å²) in [6, 6.07) is 11.5. The number of benzene rings is 2. The van der Waals surface area contributed by atoms with Crippen LogP contribution < -0.4 is 28.3 Å². The fourth-order valence-corrected chi connectivity index (χ4v) is 4.23. The number of primary amides is 1. The first kappa shape index (κ1) is 30.5. The van der Waals surface area contributed by atoms with Gasteiger partial charge in [0.15, 0.2) is 0 Å². The van der Waals surface area contributed by atoms with Crippen LogP contribution in [0.2, 0.25) is 0 Å². The second-order valence-corrected chi connectivity index (χ2v) is 9.35. The van der Waals surface area contributed by atoms with Crippen molar-refractivity contribution in [1.82, 2.24) is 15.2 Å². The molecule has 0 saturated heterocycles. The number of carbonyl (C=O) groups excluding carboxylic acids is 3. The highest BCUT2D eigenvalue weighted by molar-refractivity contribution is 5.96. The lowest BCUT2D eigenvalue weighted by Crippen LogP contribution is -2.58. The van der Waals surface area contributed by atoms with Gasteiger partial charge >= 0.3 is 6.18 Å². The van der Waals surface area contributed by atoms with E-state index >= 15 is 0 Å². The Morgan fingerprint density at radius 1 is 0.950 bits per heavy atom. The number of pyridine rings is 1. The molecule has 0 unspecified atom stereocenters. The Morgan fingerprint density at radius 2 is 1.57 bits per heavy atom. The quantitative estimate of drug-likeness (QED) is 0.217. The Kier molecular flexibility index (Phi) is 9.79. The van der Waals surface area contributed by atoms with Crippen LogP contribution in [0.25, 0.3) is 10.9 Å². The van der Waals surface area contributed by atoms with Crippen molar-refractivity contribution in [3.8, 4) is 0 Å². The molecular weight excluding hydrogens is 527 g/mol. The summed E-state index contributed by atoms with van der Waals surface area (Å²) in [4.78, 5) is 45.0. The van der Waals surface area contributed by atoms with Gasteiger partial charge in [-0.3, -0.25) is 19.4 Å². The average molecular weight is 560 g/mol. The molecule has 214 valence electrons. The van der Waals surface area contributed by atoms with Crippen LogP contribution in [0.5, 0.6) is 0 Å². The second kappa shape index (κ2) is 12.9. The SMILES string of the molecule is NCCN(CCN)C(=O)C[C@@](N)(C(=O)N[C@@H](Cc1ccc(C(F)(F)F)cc1)C(N)=O)c1cnc2ccccc2c1. The molecule has 2 atom stereocenters. The van der Waals surface area contributed by atoms with Crippen LogP contribution >= 0.6 is 0 Å². The van der Waals surface area contributed by atoms with E-state index in [1.165, 1.54) is 23.2 Å². The van der Waals surface area contributed by atoms with Crippen molar-refractivity contribution in [2.75, 3.05) is 26.2 Å². The van der Waals surface area contributed by atoms with Gasteiger partial charge in [-0.1, -0.05) is 30.3 Å². The zero-order valence-corrected chi connectivity index (χ0v) is 21.7. The first-order chi connectivity index (χ1) is 18.9. The number of nitrogens with one attached hydrogen (secondary N) is 1. The maximum atomic E-state index is 13.7. The smallest absolute Gasteiger partial charge is 0.368 e. The fourth-order valence-electron chi connectivity index (χ4n) is 4.23. The average Bonchev–Trinajstić information content (AvgIpc) is 2.91. The lowest BCUT2D eigenvalue weighted by Gasteiger charge is -2.32. The molecule has 0 saturated carbocycles. The van der Waals surface area contributed by atoms with E-state index in [0.29, 0.717) is 16.5 Å². The van der Waals surface area contributed by atoms with Gasteiger partial charge in [0, 0.05) is 49.7 Å². The number of carbonyl (C=O) groups is 3. The second-order valence-electron chi connectivity index (χ2n) is 9.35. The summed E-state index contributed by atoms with van der Waals surface area (Å²) in [5.41, 5.74) is 21.7. The van der Waals surface area contributed by atoms with Crippen LogP contribution in [-0.4, -0.2) is 59.8 Å². The topological polar surface area (TPSA) is 183 Å². The maximum Gasteiger partial charge on any atom is 0.416 e. The molecule has 0 spiro atoms. The van der Waals surface area contributed by atoms with Crippen LogP contribution in [0.3, 0.4) is 0 Å². The fraction of sp³-hybridized carbons (Fsp3) is 0.333. The number of fused-ring (bicyclic) bond motifs is 1. The number of amides is 3. The van der Waals surface area contributed by atoms with Gasteiger partial charge in [-0.2, -0.15) is 13.2 Å². The molecule has 1 heterocycles. The van der Waals surface area contributed by atoms with Crippen molar-refractivity contribution >= 4 is 28.6 Å². The molecule has 9 N–H and O–H groups in total. The number of rotatable bonds is 12. The minimum absolute atomic E-state index is 0.157. The number of aromatic nitrogens is 1. The van der Waals surface area contributed by atoms with Gasteiger partial charge in [0.25, 0.3) is 0 Å². The van der Waals surface area contributed by atoms with E-state index in [1.807, 2.05) is 0 Å². The van der Waals surface area contributed by atoms with Gasteiger partial charge in [0.1, 0.15) is 11.6 Å². The molecule has 13 heteroatoms. The van der Waals surface area contributed by atoms with Crippen molar-refractivity contribution in [1.29, 1.82) is 0 Å². The molecule has 10 nitrogen and oxygen atoms in total.